The van der Waals surface area contributed by atoms with Gasteiger partial charge in [-0.25, -0.2) is 0 Å². The number of rotatable bonds is 3. The lowest BCUT2D eigenvalue weighted by atomic mass is 10.1. The van der Waals surface area contributed by atoms with Crippen molar-refractivity contribution in [2.24, 2.45) is 0 Å². The first-order valence-electron chi connectivity index (χ1n) is 4.57. The number of aliphatic hydroxyl groups excluding tert-OH is 3. The third kappa shape index (κ3) is 2.67. The van der Waals surface area contributed by atoms with E-state index < -0.39 is 30.2 Å². The summed E-state index contributed by atoms with van der Waals surface area (Å²) < 4.78 is 0. The van der Waals surface area contributed by atoms with Crippen molar-refractivity contribution < 1.29 is 20.1 Å². The van der Waals surface area contributed by atoms with Crippen molar-refractivity contribution >= 4 is 5.91 Å². The summed E-state index contributed by atoms with van der Waals surface area (Å²) in [6, 6.07) is -1.08. The van der Waals surface area contributed by atoms with Gasteiger partial charge in [0.1, 0.15) is 0 Å². The Morgan fingerprint density at radius 3 is 2.47 bits per heavy atom. The minimum atomic E-state index is -1.04. The molecule has 6 heteroatoms. The summed E-state index contributed by atoms with van der Waals surface area (Å²) in [5.74, 6) is 1.29. The Morgan fingerprint density at radius 2 is 2.00 bits per heavy atom. The highest BCUT2D eigenvalue weighted by atomic mass is 16.3. The molecule has 0 spiro atoms. The standard InChI is InChI=1S/C9H14N2O4/c1-2-7(13)10-3-5-8(14)9(15)6(4-12)11-5/h1,5-6,8-9,11-12,14-15H,3-4H2,(H,10,13)/t5-,6-,8-,9-/m1/s1. The maximum absolute atomic E-state index is 10.7. The van der Waals surface area contributed by atoms with Crippen LogP contribution in [0.25, 0.3) is 0 Å². The summed E-state index contributed by atoms with van der Waals surface area (Å²) >= 11 is 0. The highest BCUT2D eigenvalue weighted by molar-refractivity contribution is 5.92. The number of carbonyl (C=O) groups is 1. The van der Waals surface area contributed by atoms with Crippen LogP contribution in [0.3, 0.4) is 0 Å². The first-order valence-corrected chi connectivity index (χ1v) is 4.57. The van der Waals surface area contributed by atoms with Gasteiger partial charge in [0, 0.05) is 6.54 Å². The van der Waals surface area contributed by atoms with Gasteiger partial charge in [0.05, 0.1) is 30.9 Å². The molecule has 1 rings (SSSR count). The average Bonchev–Trinajstić information content (AvgIpc) is 2.52. The fraction of sp³-hybridized carbons (Fsp3) is 0.667. The van der Waals surface area contributed by atoms with E-state index in [2.05, 4.69) is 10.6 Å². The van der Waals surface area contributed by atoms with E-state index in [0.29, 0.717) is 0 Å². The molecule has 84 valence electrons. The average molecular weight is 214 g/mol. The predicted octanol–water partition coefficient (Wildman–Crippen LogP) is -3.21. The van der Waals surface area contributed by atoms with Gasteiger partial charge in [0.25, 0.3) is 5.91 Å². The second-order valence-corrected chi connectivity index (χ2v) is 3.40. The zero-order valence-electron chi connectivity index (χ0n) is 8.05. The maximum atomic E-state index is 10.7. The number of terminal acetylenes is 1. The normalized spacial score (nSPS) is 34.8. The van der Waals surface area contributed by atoms with Gasteiger partial charge in [-0.05, 0) is 5.92 Å². The molecular formula is C9H14N2O4. The molecule has 0 bridgehead atoms. The number of carbonyl (C=O) groups excluding carboxylic acids is 1. The lowest BCUT2D eigenvalue weighted by molar-refractivity contribution is -0.115. The van der Waals surface area contributed by atoms with Gasteiger partial charge in [0.2, 0.25) is 0 Å². The molecule has 1 heterocycles. The Hall–Kier alpha value is -1.13. The van der Waals surface area contributed by atoms with Crippen LogP contribution in [-0.2, 0) is 4.79 Å². The first-order chi connectivity index (χ1) is 7.10. The van der Waals surface area contributed by atoms with Gasteiger partial charge in [-0.3, -0.25) is 4.79 Å². The number of aliphatic hydroxyl groups is 3. The molecule has 0 saturated carbocycles. The van der Waals surface area contributed by atoms with Crippen LogP contribution in [0.4, 0.5) is 0 Å². The minimum absolute atomic E-state index is 0.109. The van der Waals surface area contributed by atoms with E-state index in [4.69, 9.17) is 11.5 Å². The number of hydrogen-bond acceptors (Lipinski definition) is 5. The summed E-state index contributed by atoms with van der Waals surface area (Å²) in [7, 11) is 0. The molecule has 1 fully saturated rings. The van der Waals surface area contributed by atoms with Crippen molar-refractivity contribution in [3.63, 3.8) is 0 Å². The Labute approximate surface area is 87.3 Å². The molecule has 4 atom stereocenters. The molecule has 15 heavy (non-hydrogen) atoms. The van der Waals surface area contributed by atoms with Crippen molar-refractivity contribution in [3.05, 3.63) is 0 Å². The topological polar surface area (TPSA) is 102 Å². The van der Waals surface area contributed by atoms with Crippen LogP contribution in [0.15, 0.2) is 0 Å². The molecule has 0 unspecified atom stereocenters. The van der Waals surface area contributed by atoms with Crippen LogP contribution in [0, 0.1) is 12.3 Å². The second-order valence-electron chi connectivity index (χ2n) is 3.40. The van der Waals surface area contributed by atoms with Crippen LogP contribution >= 0.6 is 0 Å². The van der Waals surface area contributed by atoms with Crippen LogP contribution in [0.5, 0.6) is 0 Å². The molecule has 0 aromatic carbocycles. The summed E-state index contributed by atoms with van der Waals surface area (Å²) in [4.78, 5) is 10.7. The zero-order chi connectivity index (χ0) is 11.4. The van der Waals surface area contributed by atoms with Crippen LogP contribution in [-0.4, -0.2) is 58.7 Å². The Morgan fingerprint density at radius 1 is 1.40 bits per heavy atom. The quantitative estimate of drug-likeness (QED) is 0.318. The molecule has 0 aromatic heterocycles. The van der Waals surface area contributed by atoms with Crippen molar-refractivity contribution in [1.82, 2.24) is 10.6 Å². The fourth-order valence-electron chi connectivity index (χ4n) is 1.54. The third-order valence-electron chi connectivity index (χ3n) is 2.41. The van der Waals surface area contributed by atoms with Crippen LogP contribution < -0.4 is 10.6 Å². The van der Waals surface area contributed by atoms with Crippen molar-refractivity contribution in [3.8, 4) is 12.3 Å². The van der Waals surface area contributed by atoms with Crippen LogP contribution in [0.1, 0.15) is 0 Å². The molecule has 1 saturated heterocycles. The van der Waals surface area contributed by atoms with E-state index >= 15 is 0 Å². The van der Waals surface area contributed by atoms with E-state index in [1.54, 1.807) is 0 Å². The van der Waals surface area contributed by atoms with Gasteiger partial charge in [-0.15, -0.1) is 6.42 Å². The van der Waals surface area contributed by atoms with E-state index in [1.807, 2.05) is 5.92 Å². The van der Waals surface area contributed by atoms with Crippen molar-refractivity contribution in [2.45, 2.75) is 24.3 Å². The highest BCUT2D eigenvalue weighted by Crippen LogP contribution is 2.13. The van der Waals surface area contributed by atoms with E-state index in [1.165, 1.54) is 0 Å². The summed E-state index contributed by atoms with van der Waals surface area (Å²) in [5.41, 5.74) is 0. The molecule has 1 aliphatic heterocycles. The predicted molar refractivity (Wildman–Crippen MR) is 51.7 cm³/mol. The van der Waals surface area contributed by atoms with Crippen LogP contribution in [0.2, 0.25) is 0 Å². The Kier molecular flexibility index (Phi) is 4.05. The van der Waals surface area contributed by atoms with Gasteiger partial charge in [-0.2, -0.15) is 0 Å². The summed E-state index contributed by atoms with van der Waals surface area (Å²) in [5, 5.41) is 33.0. The Bertz CT molecular complexity index is 276. The second kappa shape index (κ2) is 5.09. The van der Waals surface area contributed by atoms with E-state index in [0.717, 1.165) is 0 Å². The van der Waals surface area contributed by atoms with Gasteiger partial charge >= 0.3 is 0 Å². The molecule has 0 aliphatic carbocycles. The molecule has 1 amide bonds. The smallest absolute Gasteiger partial charge is 0.295 e. The number of hydrogen-bond donors (Lipinski definition) is 5. The van der Waals surface area contributed by atoms with E-state index in [-0.39, 0.29) is 13.2 Å². The monoisotopic (exact) mass is 214 g/mol. The molecule has 0 radical (unpaired) electrons. The minimum Gasteiger partial charge on any atom is -0.395 e. The lowest BCUT2D eigenvalue weighted by Gasteiger charge is -2.15. The lowest BCUT2D eigenvalue weighted by Crippen LogP contribution is -2.44. The van der Waals surface area contributed by atoms with Gasteiger partial charge in [-0.1, -0.05) is 0 Å². The van der Waals surface area contributed by atoms with E-state index in [9.17, 15) is 15.0 Å². The highest BCUT2D eigenvalue weighted by Gasteiger charge is 2.40. The summed E-state index contributed by atoms with van der Waals surface area (Å²) in [6.45, 7) is -0.171. The first kappa shape index (κ1) is 11.9. The molecule has 5 N–H and O–H groups in total. The van der Waals surface area contributed by atoms with Gasteiger partial charge < -0.3 is 26.0 Å². The fourth-order valence-corrected chi connectivity index (χ4v) is 1.54. The Balaban J connectivity index is 2.44. The third-order valence-corrected chi connectivity index (χ3v) is 2.41. The largest absolute Gasteiger partial charge is 0.395 e. The molecule has 1 aliphatic rings. The van der Waals surface area contributed by atoms with Gasteiger partial charge in [0.15, 0.2) is 0 Å². The number of amides is 1. The molecule has 6 nitrogen and oxygen atoms in total. The SMILES string of the molecule is C#CC(=O)NC[C@H]1N[C@H](CO)[C@@H](O)[C@@H]1O. The van der Waals surface area contributed by atoms with Crippen molar-refractivity contribution in [1.29, 1.82) is 0 Å². The maximum Gasteiger partial charge on any atom is 0.295 e. The zero-order valence-corrected chi connectivity index (χ0v) is 8.05. The summed E-state index contributed by atoms with van der Waals surface area (Å²) in [6.07, 6.45) is 2.77. The molecular weight excluding hydrogens is 200 g/mol. The van der Waals surface area contributed by atoms with Crippen molar-refractivity contribution in [2.75, 3.05) is 13.2 Å². The number of nitrogens with one attached hydrogen (secondary N) is 2. The molecule has 0 aromatic rings.